The summed E-state index contributed by atoms with van der Waals surface area (Å²) in [7, 11) is 0. The molecule has 0 bridgehead atoms. The number of nitro benzene ring substituents is 1. The summed E-state index contributed by atoms with van der Waals surface area (Å²) in [5.74, 6) is -1.43. The monoisotopic (exact) mass is 358 g/mol. The molecule has 0 saturated carbocycles. The van der Waals surface area contributed by atoms with E-state index in [1.165, 1.54) is 18.2 Å². The van der Waals surface area contributed by atoms with Crippen molar-refractivity contribution in [2.24, 2.45) is 0 Å². The molecule has 0 unspecified atom stereocenters. The second-order valence-corrected chi connectivity index (χ2v) is 5.85. The standard InChI is InChI=1S/C17H11FN2O6/c18-11-3-9(15-10(4-11)7-25-8-26-15)6-19-16(21)13-2-1-12(20(23)24)5-14(13)17(19)22/h1-5H,6-8H2. The van der Waals surface area contributed by atoms with E-state index in [2.05, 4.69) is 0 Å². The van der Waals surface area contributed by atoms with Crippen LogP contribution in [0.15, 0.2) is 30.3 Å². The minimum Gasteiger partial charge on any atom is -0.467 e. The van der Waals surface area contributed by atoms with Crippen LogP contribution < -0.4 is 4.74 Å². The Kier molecular flexibility index (Phi) is 3.66. The van der Waals surface area contributed by atoms with Gasteiger partial charge in [0.1, 0.15) is 11.6 Å². The van der Waals surface area contributed by atoms with Crippen molar-refractivity contribution in [3.63, 3.8) is 0 Å². The Morgan fingerprint density at radius 3 is 2.69 bits per heavy atom. The summed E-state index contributed by atoms with van der Waals surface area (Å²) in [6, 6.07) is 5.94. The lowest BCUT2D eigenvalue weighted by atomic mass is 10.1. The lowest BCUT2D eigenvalue weighted by Gasteiger charge is -2.23. The van der Waals surface area contributed by atoms with E-state index in [-0.39, 0.29) is 36.8 Å². The van der Waals surface area contributed by atoms with Crippen LogP contribution >= 0.6 is 0 Å². The third kappa shape index (κ3) is 2.49. The van der Waals surface area contributed by atoms with Crippen LogP contribution in [-0.2, 0) is 17.9 Å². The van der Waals surface area contributed by atoms with Crippen molar-refractivity contribution in [3.05, 3.63) is 68.5 Å². The fourth-order valence-electron chi connectivity index (χ4n) is 3.08. The summed E-state index contributed by atoms with van der Waals surface area (Å²) >= 11 is 0. The van der Waals surface area contributed by atoms with Gasteiger partial charge in [-0.15, -0.1) is 0 Å². The van der Waals surface area contributed by atoms with Gasteiger partial charge in [0.15, 0.2) is 6.79 Å². The summed E-state index contributed by atoms with van der Waals surface area (Å²) in [5, 5.41) is 10.9. The van der Waals surface area contributed by atoms with Crippen LogP contribution in [0.3, 0.4) is 0 Å². The number of fused-ring (bicyclic) bond motifs is 2. The van der Waals surface area contributed by atoms with Crippen LogP contribution in [0.25, 0.3) is 0 Å². The quantitative estimate of drug-likeness (QED) is 0.475. The molecule has 0 aliphatic carbocycles. The van der Waals surface area contributed by atoms with Gasteiger partial charge in [-0.3, -0.25) is 24.6 Å². The normalized spacial score (nSPS) is 15.5. The van der Waals surface area contributed by atoms with Gasteiger partial charge < -0.3 is 9.47 Å². The molecule has 4 rings (SSSR count). The predicted molar refractivity (Wildman–Crippen MR) is 84.0 cm³/mol. The molecule has 0 aromatic heterocycles. The first-order valence-corrected chi connectivity index (χ1v) is 7.62. The number of non-ortho nitro benzene ring substituents is 1. The maximum absolute atomic E-state index is 13.9. The topological polar surface area (TPSA) is 99.0 Å². The van der Waals surface area contributed by atoms with Crippen LogP contribution in [0, 0.1) is 15.9 Å². The molecule has 0 atom stereocenters. The Morgan fingerprint density at radius 2 is 1.92 bits per heavy atom. The summed E-state index contributed by atoms with van der Waals surface area (Å²) in [4.78, 5) is 36.2. The van der Waals surface area contributed by atoms with Crippen molar-refractivity contribution < 1.29 is 28.4 Å². The Bertz CT molecular complexity index is 974. The number of nitro groups is 1. The Hall–Kier alpha value is -3.33. The predicted octanol–water partition coefficient (Wildman–Crippen LogP) is 2.40. The number of ether oxygens (including phenoxy) is 2. The van der Waals surface area contributed by atoms with Crippen molar-refractivity contribution in [2.75, 3.05) is 6.79 Å². The Morgan fingerprint density at radius 1 is 1.15 bits per heavy atom. The van der Waals surface area contributed by atoms with E-state index >= 15 is 0 Å². The molecule has 0 saturated heterocycles. The Balaban J connectivity index is 1.70. The lowest BCUT2D eigenvalue weighted by Crippen LogP contribution is -2.30. The molecule has 0 radical (unpaired) electrons. The van der Waals surface area contributed by atoms with Crippen LogP contribution in [-0.4, -0.2) is 28.4 Å². The van der Waals surface area contributed by atoms with Gasteiger partial charge in [-0.2, -0.15) is 0 Å². The average molecular weight is 358 g/mol. The highest BCUT2D eigenvalue weighted by molar-refractivity contribution is 6.21. The molecule has 26 heavy (non-hydrogen) atoms. The first-order valence-electron chi connectivity index (χ1n) is 7.62. The number of rotatable bonds is 3. The van der Waals surface area contributed by atoms with Gasteiger partial charge in [-0.1, -0.05) is 0 Å². The molecule has 2 amide bonds. The first kappa shape index (κ1) is 16.2. The van der Waals surface area contributed by atoms with Crippen molar-refractivity contribution in [2.45, 2.75) is 13.2 Å². The number of hydrogen-bond donors (Lipinski definition) is 0. The SMILES string of the molecule is O=C1c2ccc([N+](=O)[O-])cc2C(=O)N1Cc1cc(F)cc2c1OCOC2. The highest BCUT2D eigenvalue weighted by atomic mass is 19.1. The lowest BCUT2D eigenvalue weighted by molar-refractivity contribution is -0.384. The maximum atomic E-state index is 13.9. The molecule has 8 nitrogen and oxygen atoms in total. The molecule has 2 heterocycles. The summed E-state index contributed by atoms with van der Waals surface area (Å²) in [5.41, 5.74) is 0.565. The van der Waals surface area contributed by atoms with Gasteiger partial charge in [0.2, 0.25) is 0 Å². The number of carbonyl (C=O) groups is 2. The van der Waals surface area contributed by atoms with Gasteiger partial charge >= 0.3 is 0 Å². The zero-order valence-corrected chi connectivity index (χ0v) is 13.2. The molecule has 2 aromatic rings. The maximum Gasteiger partial charge on any atom is 0.270 e. The van der Waals surface area contributed by atoms with Gasteiger partial charge in [-0.05, 0) is 18.2 Å². The average Bonchev–Trinajstić information content (AvgIpc) is 2.86. The first-order chi connectivity index (χ1) is 12.5. The van der Waals surface area contributed by atoms with Gasteiger partial charge in [0.25, 0.3) is 17.5 Å². The van der Waals surface area contributed by atoms with E-state index in [1.807, 2.05) is 0 Å². The van der Waals surface area contributed by atoms with E-state index in [0.717, 1.165) is 17.0 Å². The van der Waals surface area contributed by atoms with Crippen molar-refractivity contribution in [1.82, 2.24) is 4.90 Å². The second kappa shape index (κ2) is 5.88. The van der Waals surface area contributed by atoms with Crippen LogP contribution in [0.1, 0.15) is 31.8 Å². The van der Waals surface area contributed by atoms with E-state index in [0.29, 0.717) is 16.9 Å². The van der Waals surface area contributed by atoms with Crippen molar-refractivity contribution in [1.29, 1.82) is 0 Å². The van der Waals surface area contributed by atoms with E-state index in [1.54, 1.807) is 0 Å². The largest absolute Gasteiger partial charge is 0.467 e. The third-order valence-electron chi connectivity index (χ3n) is 4.25. The molecule has 2 aliphatic rings. The molecule has 2 aromatic carbocycles. The minimum atomic E-state index is -0.668. The van der Waals surface area contributed by atoms with E-state index in [4.69, 9.17) is 9.47 Å². The number of benzene rings is 2. The molecule has 0 N–H and O–H groups in total. The van der Waals surface area contributed by atoms with Gasteiger partial charge in [0, 0.05) is 23.3 Å². The minimum absolute atomic E-state index is 0.0139. The molecule has 0 spiro atoms. The number of nitrogens with zero attached hydrogens (tertiary/aromatic N) is 2. The molecular weight excluding hydrogens is 347 g/mol. The molecular formula is C17H11FN2O6. The van der Waals surface area contributed by atoms with Gasteiger partial charge in [-0.25, -0.2) is 4.39 Å². The zero-order valence-electron chi connectivity index (χ0n) is 13.2. The second-order valence-electron chi connectivity index (χ2n) is 5.85. The summed E-state index contributed by atoms with van der Waals surface area (Å²) in [6.45, 7) is -0.0609. The van der Waals surface area contributed by atoms with Crippen molar-refractivity contribution >= 4 is 17.5 Å². The number of halogens is 1. The molecule has 9 heteroatoms. The number of amides is 2. The van der Waals surface area contributed by atoms with Crippen LogP contribution in [0.5, 0.6) is 5.75 Å². The smallest absolute Gasteiger partial charge is 0.270 e. The van der Waals surface area contributed by atoms with Crippen molar-refractivity contribution in [3.8, 4) is 5.75 Å². The zero-order chi connectivity index (χ0) is 18.4. The summed E-state index contributed by atoms with van der Waals surface area (Å²) < 4.78 is 24.3. The number of imide groups is 1. The fourth-order valence-corrected chi connectivity index (χ4v) is 3.08. The molecule has 0 fully saturated rings. The number of hydrogen-bond acceptors (Lipinski definition) is 6. The Labute approximate surface area is 145 Å². The summed E-state index contributed by atoms with van der Waals surface area (Å²) in [6.07, 6.45) is 0. The highest BCUT2D eigenvalue weighted by Crippen LogP contribution is 2.33. The highest BCUT2D eigenvalue weighted by Gasteiger charge is 2.37. The fraction of sp³-hybridized carbons (Fsp3) is 0.176. The third-order valence-corrected chi connectivity index (χ3v) is 4.25. The molecule has 2 aliphatic heterocycles. The van der Waals surface area contributed by atoms with Crippen LogP contribution in [0.2, 0.25) is 0 Å². The van der Waals surface area contributed by atoms with E-state index < -0.39 is 22.6 Å². The van der Waals surface area contributed by atoms with Crippen LogP contribution in [0.4, 0.5) is 10.1 Å². The van der Waals surface area contributed by atoms with Gasteiger partial charge in [0.05, 0.1) is 29.2 Å². The van der Waals surface area contributed by atoms with E-state index in [9.17, 15) is 24.1 Å². The molecule has 132 valence electrons. The number of carbonyl (C=O) groups excluding carboxylic acids is 2.